The first kappa shape index (κ1) is 19.8. The van der Waals surface area contributed by atoms with E-state index in [-0.39, 0.29) is 18.2 Å². The Kier molecular flexibility index (Phi) is 5.59. The number of nitrogens with zero attached hydrogens (tertiary/aromatic N) is 3. The van der Waals surface area contributed by atoms with Crippen LogP contribution in [0.3, 0.4) is 0 Å². The first-order chi connectivity index (χ1) is 14.5. The van der Waals surface area contributed by atoms with Crippen LogP contribution in [0.1, 0.15) is 16.7 Å². The summed E-state index contributed by atoms with van der Waals surface area (Å²) in [5.74, 6) is -0.0243. The van der Waals surface area contributed by atoms with Crippen molar-refractivity contribution in [3.05, 3.63) is 82.8 Å². The zero-order valence-electron chi connectivity index (χ0n) is 16.5. The molecular weight excluding hydrogens is 400 g/mol. The number of rotatable bonds is 5. The number of carbonyl (C=O) groups excluding carboxylic acids is 1. The average Bonchev–Trinajstić information content (AvgIpc) is 3.15. The second-order valence-corrected chi connectivity index (χ2v) is 7.30. The van der Waals surface area contributed by atoms with E-state index < -0.39 is 0 Å². The normalized spacial score (nSPS) is 10.8. The number of halogens is 1. The molecule has 0 spiro atoms. The minimum atomic E-state index is -0.262. The maximum atomic E-state index is 12.7. The number of hydrogen-bond acceptors (Lipinski definition) is 5. The van der Waals surface area contributed by atoms with Gasteiger partial charge >= 0.3 is 0 Å². The molecule has 0 radical (unpaired) electrons. The molecule has 0 aliphatic rings. The first-order valence-electron chi connectivity index (χ1n) is 9.40. The van der Waals surface area contributed by atoms with Crippen LogP contribution in [0.2, 0.25) is 5.02 Å². The highest BCUT2D eigenvalue weighted by molar-refractivity contribution is 6.31. The predicted octanol–water partition coefficient (Wildman–Crippen LogP) is 5.25. The Bertz CT molecular complexity index is 1210. The number of carbonyl (C=O) groups is 1. The molecule has 30 heavy (non-hydrogen) atoms. The molecule has 1 N–H and O–H groups in total. The second kappa shape index (κ2) is 8.47. The zero-order valence-corrected chi connectivity index (χ0v) is 17.3. The molecule has 0 bridgehead atoms. The summed E-state index contributed by atoms with van der Waals surface area (Å²) in [5.41, 5.74) is 5.69. The van der Waals surface area contributed by atoms with Crippen LogP contribution in [0, 0.1) is 13.8 Å². The molecule has 0 atom stereocenters. The quantitative estimate of drug-likeness (QED) is 0.478. The van der Waals surface area contributed by atoms with Gasteiger partial charge in [-0.25, -0.2) is 9.97 Å². The lowest BCUT2D eigenvalue weighted by Crippen LogP contribution is -2.14. The van der Waals surface area contributed by atoms with Crippen LogP contribution < -0.4 is 5.32 Å². The summed E-state index contributed by atoms with van der Waals surface area (Å²) in [6.45, 7) is 4.06. The SMILES string of the molecule is Cc1cccc(-c2noc(NC(=O)Cc3ccccc3Cl)c2-c2ccncn2)c1C. The summed E-state index contributed by atoms with van der Waals surface area (Å²) in [6, 6.07) is 15.0. The van der Waals surface area contributed by atoms with Crippen LogP contribution in [0.4, 0.5) is 5.88 Å². The van der Waals surface area contributed by atoms with Crippen LogP contribution in [0.25, 0.3) is 22.5 Å². The molecular formula is C23H19ClN4O2. The van der Waals surface area contributed by atoms with Crippen molar-refractivity contribution < 1.29 is 9.32 Å². The third kappa shape index (κ3) is 3.95. The summed E-state index contributed by atoms with van der Waals surface area (Å²) in [4.78, 5) is 21.0. The van der Waals surface area contributed by atoms with Gasteiger partial charge in [-0.2, -0.15) is 0 Å². The second-order valence-electron chi connectivity index (χ2n) is 6.89. The number of anilines is 1. The van der Waals surface area contributed by atoms with E-state index >= 15 is 0 Å². The standard InChI is InChI=1S/C23H19ClN4O2/c1-14-6-5-8-17(15(14)2)22-21(19-10-11-25-13-26-19)23(30-28-22)27-20(29)12-16-7-3-4-9-18(16)24/h3-11,13H,12H2,1-2H3,(H,27,29). The molecule has 2 heterocycles. The fraction of sp³-hybridized carbons (Fsp3) is 0.130. The number of amides is 1. The highest BCUT2D eigenvalue weighted by atomic mass is 35.5. The van der Waals surface area contributed by atoms with Crippen molar-refractivity contribution in [3.63, 3.8) is 0 Å². The smallest absolute Gasteiger partial charge is 0.241 e. The van der Waals surface area contributed by atoms with Gasteiger partial charge in [0.05, 0.1) is 17.7 Å². The summed E-state index contributed by atoms with van der Waals surface area (Å²) < 4.78 is 5.56. The van der Waals surface area contributed by atoms with Crippen molar-refractivity contribution in [1.82, 2.24) is 15.1 Å². The van der Waals surface area contributed by atoms with Gasteiger partial charge in [-0.05, 0) is 42.7 Å². The van der Waals surface area contributed by atoms with Crippen LogP contribution in [-0.2, 0) is 11.2 Å². The molecule has 0 saturated heterocycles. The van der Waals surface area contributed by atoms with E-state index in [0.717, 1.165) is 22.3 Å². The summed E-state index contributed by atoms with van der Waals surface area (Å²) in [6.07, 6.45) is 3.20. The molecule has 0 unspecified atom stereocenters. The van der Waals surface area contributed by atoms with E-state index in [2.05, 4.69) is 20.4 Å². The first-order valence-corrected chi connectivity index (χ1v) is 9.78. The highest BCUT2D eigenvalue weighted by Gasteiger charge is 2.23. The monoisotopic (exact) mass is 418 g/mol. The van der Waals surface area contributed by atoms with Gasteiger partial charge in [0.2, 0.25) is 11.8 Å². The molecule has 0 aliphatic heterocycles. The maximum absolute atomic E-state index is 12.7. The zero-order chi connectivity index (χ0) is 21.1. The van der Waals surface area contributed by atoms with Crippen LogP contribution >= 0.6 is 11.6 Å². The minimum Gasteiger partial charge on any atom is -0.337 e. The Balaban J connectivity index is 1.74. The number of nitrogens with one attached hydrogen (secondary N) is 1. The Morgan fingerprint density at radius 3 is 2.70 bits per heavy atom. The van der Waals surface area contributed by atoms with Crippen LogP contribution in [0.5, 0.6) is 0 Å². The summed E-state index contributed by atoms with van der Waals surface area (Å²) in [5, 5.41) is 7.63. The number of aromatic nitrogens is 3. The molecule has 2 aromatic carbocycles. The van der Waals surface area contributed by atoms with Crippen molar-refractivity contribution in [2.45, 2.75) is 20.3 Å². The van der Waals surface area contributed by atoms with Gasteiger partial charge in [0, 0.05) is 16.8 Å². The molecule has 2 aromatic heterocycles. The van der Waals surface area contributed by atoms with Crippen LogP contribution in [-0.4, -0.2) is 21.0 Å². The van der Waals surface area contributed by atoms with E-state index in [0.29, 0.717) is 22.0 Å². The lowest BCUT2D eigenvalue weighted by Gasteiger charge is -2.09. The molecule has 0 saturated carbocycles. The fourth-order valence-electron chi connectivity index (χ4n) is 3.23. The Labute approximate surface area is 178 Å². The number of hydrogen-bond donors (Lipinski definition) is 1. The van der Waals surface area contributed by atoms with Gasteiger partial charge in [0.1, 0.15) is 12.0 Å². The predicted molar refractivity (Wildman–Crippen MR) is 116 cm³/mol. The number of aryl methyl sites for hydroxylation is 1. The molecule has 6 nitrogen and oxygen atoms in total. The van der Waals surface area contributed by atoms with E-state index in [1.807, 2.05) is 50.2 Å². The van der Waals surface area contributed by atoms with E-state index in [9.17, 15) is 4.79 Å². The van der Waals surface area contributed by atoms with E-state index in [1.165, 1.54) is 6.33 Å². The Hall–Kier alpha value is -3.51. The van der Waals surface area contributed by atoms with Gasteiger partial charge in [-0.3, -0.25) is 10.1 Å². The van der Waals surface area contributed by atoms with Gasteiger partial charge < -0.3 is 4.52 Å². The lowest BCUT2D eigenvalue weighted by atomic mass is 9.97. The molecule has 1 amide bonds. The fourth-order valence-corrected chi connectivity index (χ4v) is 3.43. The lowest BCUT2D eigenvalue weighted by molar-refractivity contribution is -0.115. The molecule has 0 fully saturated rings. The minimum absolute atomic E-state index is 0.113. The van der Waals surface area contributed by atoms with Gasteiger partial charge in [0.25, 0.3) is 0 Å². The summed E-state index contributed by atoms with van der Waals surface area (Å²) >= 11 is 6.18. The molecule has 4 aromatic rings. The van der Waals surface area contributed by atoms with E-state index in [1.54, 1.807) is 18.3 Å². The van der Waals surface area contributed by atoms with Crippen molar-refractivity contribution >= 4 is 23.4 Å². The van der Waals surface area contributed by atoms with E-state index in [4.69, 9.17) is 16.1 Å². The third-order valence-electron chi connectivity index (χ3n) is 4.95. The molecule has 150 valence electrons. The van der Waals surface area contributed by atoms with Gasteiger partial charge in [-0.1, -0.05) is 53.2 Å². The van der Waals surface area contributed by atoms with Crippen molar-refractivity contribution in [3.8, 4) is 22.5 Å². The van der Waals surface area contributed by atoms with Crippen molar-refractivity contribution in [1.29, 1.82) is 0 Å². The topological polar surface area (TPSA) is 80.9 Å². The average molecular weight is 419 g/mol. The van der Waals surface area contributed by atoms with Crippen LogP contribution in [0.15, 0.2) is 65.6 Å². The summed E-state index contributed by atoms with van der Waals surface area (Å²) in [7, 11) is 0. The highest BCUT2D eigenvalue weighted by Crippen LogP contribution is 2.38. The molecule has 0 aliphatic carbocycles. The Morgan fingerprint density at radius 1 is 1.10 bits per heavy atom. The Morgan fingerprint density at radius 2 is 1.93 bits per heavy atom. The van der Waals surface area contributed by atoms with Gasteiger partial charge in [0.15, 0.2) is 0 Å². The van der Waals surface area contributed by atoms with Gasteiger partial charge in [-0.15, -0.1) is 0 Å². The molecule has 7 heteroatoms. The van der Waals surface area contributed by atoms with Crippen molar-refractivity contribution in [2.75, 3.05) is 5.32 Å². The molecule has 4 rings (SSSR count). The number of benzene rings is 2. The largest absolute Gasteiger partial charge is 0.337 e. The third-order valence-corrected chi connectivity index (χ3v) is 5.32. The maximum Gasteiger partial charge on any atom is 0.241 e. The van der Waals surface area contributed by atoms with Crippen molar-refractivity contribution in [2.24, 2.45) is 0 Å².